The molecular formula is C12H11N3O2S2. The summed E-state index contributed by atoms with van der Waals surface area (Å²) in [6.07, 6.45) is 1.63. The fourth-order valence-electron chi connectivity index (χ4n) is 1.46. The number of benzene rings is 1. The molecule has 0 saturated heterocycles. The maximum atomic E-state index is 11.9. The van der Waals surface area contributed by atoms with Crippen LogP contribution in [0.1, 0.15) is 16.0 Å². The molecule has 0 fully saturated rings. The van der Waals surface area contributed by atoms with Crippen molar-refractivity contribution in [2.45, 2.75) is 12.3 Å². The lowest BCUT2D eigenvalue weighted by Gasteiger charge is -2.05. The summed E-state index contributed by atoms with van der Waals surface area (Å²) in [4.78, 5) is 4.74. The average molecular weight is 293 g/mol. The van der Waals surface area contributed by atoms with Crippen molar-refractivity contribution < 1.29 is 8.42 Å². The quantitative estimate of drug-likeness (QED) is 0.908. The van der Waals surface area contributed by atoms with Gasteiger partial charge in [0.15, 0.2) is 0 Å². The molecule has 0 bridgehead atoms. The van der Waals surface area contributed by atoms with E-state index in [4.69, 9.17) is 5.26 Å². The second-order valence-corrected chi connectivity index (χ2v) is 6.63. The van der Waals surface area contributed by atoms with Crippen molar-refractivity contribution in [3.63, 3.8) is 0 Å². The third-order valence-electron chi connectivity index (χ3n) is 2.39. The number of nitrogens with one attached hydrogen (secondary N) is 1. The Labute approximate surface area is 115 Å². The molecule has 2 aromatic rings. The van der Waals surface area contributed by atoms with Crippen LogP contribution in [-0.4, -0.2) is 13.4 Å². The van der Waals surface area contributed by atoms with Crippen LogP contribution < -0.4 is 4.72 Å². The van der Waals surface area contributed by atoms with Crippen molar-refractivity contribution in [1.29, 1.82) is 5.26 Å². The molecule has 0 aliphatic carbocycles. The Balaban J connectivity index is 1.98. The highest BCUT2D eigenvalue weighted by Crippen LogP contribution is 2.09. The summed E-state index contributed by atoms with van der Waals surface area (Å²) < 4.78 is 26.2. The molecule has 1 aromatic carbocycles. The van der Waals surface area contributed by atoms with Gasteiger partial charge in [-0.05, 0) is 17.7 Å². The number of nitriles is 1. The van der Waals surface area contributed by atoms with Crippen molar-refractivity contribution in [2.24, 2.45) is 0 Å². The third-order valence-corrected chi connectivity index (χ3v) is 4.47. The molecule has 1 aromatic heterocycles. The predicted molar refractivity (Wildman–Crippen MR) is 72.7 cm³/mol. The molecule has 2 rings (SSSR count). The van der Waals surface area contributed by atoms with E-state index in [1.165, 1.54) is 11.3 Å². The molecule has 7 heteroatoms. The van der Waals surface area contributed by atoms with E-state index >= 15 is 0 Å². The molecule has 0 aliphatic rings. The van der Waals surface area contributed by atoms with Crippen LogP contribution in [0.2, 0.25) is 0 Å². The van der Waals surface area contributed by atoms with Gasteiger partial charge in [-0.3, -0.25) is 4.98 Å². The number of sulfonamides is 1. The van der Waals surface area contributed by atoms with Crippen LogP contribution in [0, 0.1) is 11.3 Å². The van der Waals surface area contributed by atoms with E-state index in [2.05, 4.69) is 9.71 Å². The Morgan fingerprint density at radius 3 is 2.63 bits per heavy atom. The van der Waals surface area contributed by atoms with Gasteiger partial charge in [0, 0.05) is 17.6 Å². The number of hydrogen-bond acceptors (Lipinski definition) is 5. The smallest absolute Gasteiger partial charge is 0.216 e. The van der Waals surface area contributed by atoms with Crippen LogP contribution in [-0.2, 0) is 22.3 Å². The second-order valence-electron chi connectivity index (χ2n) is 3.86. The van der Waals surface area contributed by atoms with Gasteiger partial charge in [-0.15, -0.1) is 11.3 Å². The molecule has 0 unspecified atom stereocenters. The first-order chi connectivity index (χ1) is 9.09. The lowest BCUT2D eigenvalue weighted by atomic mass is 10.2. The molecular weight excluding hydrogens is 282 g/mol. The summed E-state index contributed by atoms with van der Waals surface area (Å²) in [6.45, 7) is 0.253. The highest BCUT2D eigenvalue weighted by Gasteiger charge is 2.11. The molecule has 0 atom stereocenters. The Morgan fingerprint density at radius 1 is 1.32 bits per heavy atom. The normalized spacial score (nSPS) is 11.1. The molecule has 1 N–H and O–H groups in total. The highest BCUT2D eigenvalue weighted by atomic mass is 32.2. The van der Waals surface area contributed by atoms with Gasteiger partial charge in [0.1, 0.15) is 0 Å². The maximum absolute atomic E-state index is 11.9. The lowest BCUT2D eigenvalue weighted by Crippen LogP contribution is -2.24. The minimum absolute atomic E-state index is 0.0997. The topological polar surface area (TPSA) is 82.8 Å². The molecule has 1 heterocycles. The third kappa shape index (κ3) is 4.13. The van der Waals surface area contributed by atoms with Crippen LogP contribution in [0.5, 0.6) is 0 Å². The van der Waals surface area contributed by atoms with Crippen molar-refractivity contribution >= 4 is 21.4 Å². The molecule has 19 heavy (non-hydrogen) atoms. The van der Waals surface area contributed by atoms with Crippen molar-refractivity contribution in [1.82, 2.24) is 9.71 Å². The first-order valence-electron chi connectivity index (χ1n) is 5.43. The maximum Gasteiger partial charge on any atom is 0.216 e. The van der Waals surface area contributed by atoms with Gasteiger partial charge in [-0.25, -0.2) is 13.1 Å². The zero-order valence-electron chi connectivity index (χ0n) is 9.91. The minimum Gasteiger partial charge on any atom is -0.253 e. The van der Waals surface area contributed by atoms with Crippen molar-refractivity contribution in [3.8, 4) is 6.07 Å². The lowest BCUT2D eigenvalue weighted by molar-refractivity contribution is 0.581. The zero-order valence-corrected chi connectivity index (χ0v) is 11.5. The number of nitrogens with zero attached hydrogens (tertiary/aromatic N) is 2. The monoisotopic (exact) mass is 293 g/mol. The summed E-state index contributed by atoms with van der Waals surface area (Å²) in [5, 5.41) is 8.67. The summed E-state index contributed by atoms with van der Waals surface area (Å²) in [5.74, 6) is -0.0997. The largest absolute Gasteiger partial charge is 0.253 e. The van der Waals surface area contributed by atoms with Gasteiger partial charge in [0.05, 0.1) is 22.9 Å². The van der Waals surface area contributed by atoms with Gasteiger partial charge in [-0.2, -0.15) is 5.26 Å². The molecule has 0 saturated carbocycles. The number of aromatic nitrogens is 1. The first kappa shape index (κ1) is 13.7. The van der Waals surface area contributed by atoms with Crippen LogP contribution in [0.25, 0.3) is 0 Å². The Bertz CT molecular complexity index is 671. The average Bonchev–Trinajstić information content (AvgIpc) is 2.90. The number of rotatable bonds is 5. The van der Waals surface area contributed by atoms with Crippen molar-refractivity contribution in [2.75, 3.05) is 0 Å². The second kappa shape index (κ2) is 5.93. The zero-order chi connectivity index (χ0) is 13.7. The first-order valence-corrected chi connectivity index (χ1v) is 7.96. The van der Waals surface area contributed by atoms with Crippen LogP contribution in [0.15, 0.2) is 36.0 Å². The SMILES string of the molecule is N#Cc1ccc(CS(=O)(=O)NCc2cncs2)cc1. The van der Waals surface area contributed by atoms with E-state index in [0.29, 0.717) is 11.1 Å². The summed E-state index contributed by atoms with van der Waals surface area (Å²) in [5.41, 5.74) is 2.82. The minimum atomic E-state index is -3.38. The van der Waals surface area contributed by atoms with Gasteiger partial charge in [0.2, 0.25) is 10.0 Å². The molecule has 0 radical (unpaired) electrons. The summed E-state index contributed by atoms with van der Waals surface area (Å²) >= 11 is 1.40. The highest BCUT2D eigenvalue weighted by molar-refractivity contribution is 7.88. The summed E-state index contributed by atoms with van der Waals surface area (Å²) in [6, 6.07) is 8.49. The molecule has 0 aliphatic heterocycles. The predicted octanol–water partition coefficient (Wildman–Crippen LogP) is 1.63. The van der Waals surface area contributed by atoms with Crippen LogP contribution in [0.4, 0.5) is 0 Å². The van der Waals surface area contributed by atoms with E-state index in [-0.39, 0.29) is 12.3 Å². The standard InChI is InChI=1S/C12H11N3O2S2/c13-5-10-1-3-11(4-2-10)8-19(16,17)15-7-12-6-14-9-18-12/h1-4,6,9,15H,7-8H2. The Morgan fingerprint density at radius 2 is 2.05 bits per heavy atom. The van der Waals surface area contributed by atoms with E-state index < -0.39 is 10.0 Å². The van der Waals surface area contributed by atoms with E-state index in [9.17, 15) is 8.42 Å². The fraction of sp³-hybridized carbons (Fsp3) is 0.167. The number of hydrogen-bond donors (Lipinski definition) is 1. The van der Waals surface area contributed by atoms with Gasteiger partial charge in [0.25, 0.3) is 0 Å². The van der Waals surface area contributed by atoms with Crippen molar-refractivity contribution in [3.05, 3.63) is 52.0 Å². The molecule has 0 spiro atoms. The summed E-state index contributed by atoms with van der Waals surface area (Å²) in [7, 11) is -3.38. The molecule has 98 valence electrons. The van der Waals surface area contributed by atoms with Gasteiger partial charge < -0.3 is 0 Å². The Hall–Kier alpha value is -1.75. The van der Waals surface area contributed by atoms with Gasteiger partial charge >= 0.3 is 0 Å². The van der Waals surface area contributed by atoms with E-state index in [0.717, 1.165) is 4.88 Å². The number of thiazole rings is 1. The molecule has 0 amide bonds. The fourth-order valence-corrected chi connectivity index (χ4v) is 3.19. The van der Waals surface area contributed by atoms with Crippen LogP contribution >= 0.6 is 11.3 Å². The Kier molecular flexibility index (Phi) is 4.27. The van der Waals surface area contributed by atoms with Crippen LogP contribution in [0.3, 0.4) is 0 Å². The molecule has 5 nitrogen and oxygen atoms in total. The van der Waals surface area contributed by atoms with Gasteiger partial charge in [-0.1, -0.05) is 12.1 Å². The van der Waals surface area contributed by atoms with E-state index in [1.54, 1.807) is 36.0 Å². The van der Waals surface area contributed by atoms with E-state index in [1.807, 2.05) is 6.07 Å².